The van der Waals surface area contributed by atoms with Gasteiger partial charge in [-0.05, 0) is 20.3 Å². The van der Waals surface area contributed by atoms with E-state index in [0.717, 1.165) is 17.9 Å². The summed E-state index contributed by atoms with van der Waals surface area (Å²) in [5.41, 5.74) is 1.78. The number of aromatic nitrogens is 2. The SMILES string of the molecule is CCCC(C)NCc1nonc1C. The number of nitrogens with one attached hydrogen (secondary N) is 1. The molecule has 0 saturated carbocycles. The van der Waals surface area contributed by atoms with Crippen LogP contribution in [0.5, 0.6) is 0 Å². The van der Waals surface area contributed by atoms with Gasteiger partial charge >= 0.3 is 0 Å². The second kappa shape index (κ2) is 4.97. The van der Waals surface area contributed by atoms with E-state index in [4.69, 9.17) is 0 Å². The molecule has 1 aromatic rings. The average Bonchev–Trinajstić information content (AvgIpc) is 2.48. The predicted molar refractivity (Wildman–Crippen MR) is 50.2 cm³/mol. The van der Waals surface area contributed by atoms with Gasteiger partial charge in [-0.3, -0.25) is 0 Å². The molecular formula is C9H17N3O. The van der Waals surface area contributed by atoms with Crippen molar-refractivity contribution in [3.8, 4) is 0 Å². The van der Waals surface area contributed by atoms with Crippen molar-refractivity contribution in [3.63, 3.8) is 0 Å². The summed E-state index contributed by atoms with van der Waals surface area (Å²) in [6.07, 6.45) is 2.38. The third-order valence-electron chi connectivity index (χ3n) is 2.09. The molecule has 1 unspecified atom stereocenters. The van der Waals surface area contributed by atoms with Gasteiger partial charge in [-0.2, -0.15) is 0 Å². The van der Waals surface area contributed by atoms with Crippen molar-refractivity contribution in [3.05, 3.63) is 11.4 Å². The molecule has 4 heteroatoms. The van der Waals surface area contributed by atoms with Crippen LogP contribution in [0.1, 0.15) is 38.1 Å². The Bertz CT molecular complexity index is 247. The highest BCUT2D eigenvalue weighted by Crippen LogP contribution is 2.01. The highest BCUT2D eigenvalue weighted by molar-refractivity contribution is 5.03. The molecule has 4 nitrogen and oxygen atoms in total. The molecular weight excluding hydrogens is 166 g/mol. The lowest BCUT2D eigenvalue weighted by molar-refractivity contribution is 0.299. The largest absolute Gasteiger partial charge is 0.308 e. The zero-order valence-electron chi connectivity index (χ0n) is 8.50. The molecule has 0 amide bonds. The van der Waals surface area contributed by atoms with E-state index in [1.54, 1.807) is 0 Å². The topological polar surface area (TPSA) is 51.0 Å². The van der Waals surface area contributed by atoms with Crippen molar-refractivity contribution in [1.29, 1.82) is 0 Å². The smallest absolute Gasteiger partial charge is 0.121 e. The first kappa shape index (κ1) is 10.2. The molecule has 74 valence electrons. The molecule has 0 fully saturated rings. The van der Waals surface area contributed by atoms with Crippen LogP contribution < -0.4 is 5.32 Å². The van der Waals surface area contributed by atoms with Crippen molar-refractivity contribution in [2.75, 3.05) is 0 Å². The Hall–Kier alpha value is -0.900. The molecule has 0 aliphatic heterocycles. The van der Waals surface area contributed by atoms with Gasteiger partial charge < -0.3 is 5.32 Å². The van der Waals surface area contributed by atoms with E-state index in [1.165, 1.54) is 12.8 Å². The molecule has 1 heterocycles. The third-order valence-corrected chi connectivity index (χ3v) is 2.09. The second-order valence-corrected chi connectivity index (χ2v) is 3.37. The molecule has 0 aliphatic rings. The molecule has 0 saturated heterocycles. The van der Waals surface area contributed by atoms with E-state index < -0.39 is 0 Å². The molecule has 0 aromatic carbocycles. The van der Waals surface area contributed by atoms with Gasteiger partial charge in [0.05, 0.1) is 0 Å². The van der Waals surface area contributed by atoms with E-state index in [0.29, 0.717) is 6.04 Å². The van der Waals surface area contributed by atoms with Crippen molar-refractivity contribution in [2.24, 2.45) is 0 Å². The minimum atomic E-state index is 0.529. The van der Waals surface area contributed by atoms with Crippen LogP contribution in [-0.2, 0) is 6.54 Å². The summed E-state index contributed by atoms with van der Waals surface area (Å²) >= 11 is 0. The maximum absolute atomic E-state index is 4.60. The molecule has 1 aromatic heterocycles. The Morgan fingerprint density at radius 2 is 2.23 bits per heavy atom. The van der Waals surface area contributed by atoms with Crippen LogP contribution in [0.4, 0.5) is 0 Å². The van der Waals surface area contributed by atoms with E-state index in [1.807, 2.05) is 6.92 Å². The Morgan fingerprint density at radius 1 is 1.46 bits per heavy atom. The first-order valence-electron chi connectivity index (χ1n) is 4.75. The highest BCUT2D eigenvalue weighted by Gasteiger charge is 2.06. The average molecular weight is 183 g/mol. The van der Waals surface area contributed by atoms with E-state index in [9.17, 15) is 0 Å². The monoisotopic (exact) mass is 183 g/mol. The zero-order chi connectivity index (χ0) is 9.68. The minimum Gasteiger partial charge on any atom is -0.308 e. The zero-order valence-corrected chi connectivity index (χ0v) is 8.50. The molecule has 1 rings (SSSR count). The fraction of sp³-hybridized carbons (Fsp3) is 0.778. The summed E-state index contributed by atoms with van der Waals surface area (Å²) in [7, 11) is 0. The van der Waals surface area contributed by atoms with Gasteiger partial charge in [-0.25, -0.2) is 4.63 Å². The quantitative estimate of drug-likeness (QED) is 0.754. The Kier molecular flexibility index (Phi) is 3.89. The summed E-state index contributed by atoms with van der Waals surface area (Å²) in [4.78, 5) is 0. The number of aryl methyl sites for hydroxylation is 1. The maximum Gasteiger partial charge on any atom is 0.121 e. The van der Waals surface area contributed by atoms with Gasteiger partial charge in [0.2, 0.25) is 0 Å². The van der Waals surface area contributed by atoms with Gasteiger partial charge in [0.1, 0.15) is 11.4 Å². The van der Waals surface area contributed by atoms with Crippen LogP contribution in [0.2, 0.25) is 0 Å². The van der Waals surface area contributed by atoms with Gasteiger partial charge in [0.15, 0.2) is 0 Å². The summed E-state index contributed by atoms with van der Waals surface area (Å²) in [5.74, 6) is 0. The van der Waals surface area contributed by atoms with Gasteiger partial charge in [0.25, 0.3) is 0 Å². The van der Waals surface area contributed by atoms with Crippen LogP contribution in [0.15, 0.2) is 4.63 Å². The van der Waals surface area contributed by atoms with Gasteiger partial charge in [-0.1, -0.05) is 23.7 Å². The first-order valence-corrected chi connectivity index (χ1v) is 4.75. The fourth-order valence-electron chi connectivity index (χ4n) is 1.22. The molecule has 0 bridgehead atoms. The molecule has 0 radical (unpaired) electrons. The minimum absolute atomic E-state index is 0.529. The molecule has 1 atom stereocenters. The number of hydrogen-bond donors (Lipinski definition) is 1. The fourth-order valence-corrected chi connectivity index (χ4v) is 1.22. The lowest BCUT2D eigenvalue weighted by Crippen LogP contribution is -2.25. The summed E-state index contributed by atoms with van der Waals surface area (Å²) in [5, 5.41) is 10.9. The van der Waals surface area contributed by atoms with Crippen LogP contribution in [0.25, 0.3) is 0 Å². The highest BCUT2D eigenvalue weighted by atomic mass is 16.6. The Morgan fingerprint density at radius 3 is 2.77 bits per heavy atom. The normalized spacial score (nSPS) is 13.2. The van der Waals surface area contributed by atoms with Crippen molar-refractivity contribution >= 4 is 0 Å². The summed E-state index contributed by atoms with van der Waals surface area (Å²) < 4.78 is 4.60. The van der Waals surface area contributed by atoms with E-state index in [-0.39, 0.29) is 0 Å². The van der Waals surface area contributed by atoms with Crippen LogP contribution in [0.3, 0.4) is 0 Å². The van der Waals surface area contributed by atoms with Crippen molar-refractivity contribution < 1.29 is 4.63 Å². The van der Waals surface area contributed by atoms with Crippen molar-refractivity contribution in [1.82, 2.24) is 15.6 Å². The van der Waals surface area contributed by atoms with E-state index >= 15 is 0 Å². The third kappa shape index (κ3) is 3.14. The lowest BCUT2D eigenvalue weighted by Gasteiger charge is -2.10. The maximum atomic E-state index is 4.60. The van der Waals surface area contributed by atoms with E-state index in [2.05, 4.69) is 34.1 Å². The Balaban J connectivity index is 2.30. The second-order valence-electron chi connectivity index (χ2n) is 3.37. The first-order chi connectivity index (χ1) is 6.24. The summed E-state index contributed by atoms with van der Waals surface area (Å²) in [6.45, 7) is 7.00. The van der Waals surface area contributed by atoms with Crippen LogP contribution in [0, 0.1) is 6.92 Å². The molecule has 0 aliphatic carbocycles. The van der Waals surface area contributed by atoms with Crippen molar-refractivity contribution in [2.45, 2.75) is 46.2 Å². The molecule has 1 N–H and O–H groups in total. The molecule has 13 heavy (non-hydrogen) atoms. The van der Waals surface area contributed by atoms with Gasteiger partial charge in [0, 0.05) is 12.6 Å². The van der Waals surface area contributed by atoms with Crippen LogP contribution in [-0.4, -0.2) is 16.4 Å². The number of nitrogens with zero attached hydrogens (tertiary/aromatic N) is 2. The molecule has 0 spiro atoms. The van der Waals surface area contributed by atoms with Crippen LogP contribution >= 0.6 is 0 Å². The Labute approximate surface area is 78.7 Å². The standard InChI is InChI=1S/C9H17N3O/c1-4-5-7(2)10-6-9-8(3)11-13-12-9/h7,10H,4-6H2,1-3H3. The lowest BCUT2D eigenvalue weighted by atomic mass is 10.2. The number of rotatable bonds is 5. The number of hydrogen-bond acceptors (Lipinski definition) is 4. The predicted octanol–water partition coefficient (Wildman–Crippen LogP) is 1.66. The van der Waals surface area contributed by atoms with Gasteiger partial charge in [-0.15, -0.1) is 0 Å². The summed E-state index contributed by atoms with van der Waals surface area (Å²) in [6, 6.07) is 0.529.